The molecule has 0 bridgehead atoms. The van der Waals surface area contributed by atoms with Crippen LogP contribution in [0.15, 0.2) is 47.4 Å². The van der Waals surface area contributed by atoms with Crippen LogP contribution in [-0.4, -0.2) is 29.9 Å². The van der Waals surface area contributed by atoms with Crippen LogP contribution < -0.4 is 0 Å². The molecule has 0 unspecified atom stereocenters. The number of thioether (sulfide) groups is 1. The normalized spacial score (nSPS) is 18.4. The van der Waals surface area contributed by atoms with Gasteiger partial charge in [0.1, 0.15) is 5.02 Å². The highest BCUT2D eigenvalue weighted by Gasteiger charge is 2.37. The Morgan fingerprint density at radius 3 is 2.56 bits per heavy atom. The topological polar surface area (TPSA) is 80.5 Å². The van der Waals surface area contributed by atoms with Gasteiger partial charge < -0.3 is 0 Å². The lowest BCUT2D eigenvalue weighted by atomic mass is 10.2. The van der Waals surface area contributed by atoms with Gasteiger partial charge in [0.25, 0.3) is 5.69 Å². The van der Waals surface area contributed by atoms with E-state index in [1.54, 1.807) is 30.3 Å². The maximum Gasteiger partial charge on any atom is 0.288 e. The van der Waals surface area contributed by atoms with Crippen molar-refractivity contribution in [3.8, 4) is 0 Å². The smallest absolute Gasteiger partial charge is 0.258 e. The van der Waals surface area contributed by atoms with Crippen molar-refractivity contribution in [1.29, 1.82) is 0 Å². The van der Waals surface area contributed by atoms with Crippen molar-refractivity contribution in [2.45, 2.75) is 17.2 Å². The van der Waals surface area contributed by atoms with Crippen LogP contribution in [0.25, 0.3) is 0 Å². The van der Waals surface area contributed by atoms with Gasteiger partial charge in [0.2, 0.25) is 10.0 Å². The van der Waals surface area contributed by atoms with Crippen molar-refractivity contribution in [3.05, 3.63) is 68.7 Å². The highest BCUT2D eigenvalue weighted by Crippen LogP contribution is 2.43. The maximum atomic E-state index is 13.0. The molecule has 1 aliphatic rings. The molecule has 1 atom stereocenters. The summed E-state index contributed by atoms with van der Waals surface area (Å²) in [6.45, 7) is 2.24. The van der Waals surface area contributed by atoms with E-state index in [9.17, 15) is 18.5 Å². The summed E-state index contributed by atoms with van der Waals surface area (Å²) in [5.74, 6) is 0.617. The van der Waals surface area contributed by atoms with E-state index < -0.39 is 20.3 Å². The highest BCUT2D eigenvalue weighted by molar-refractivity contribution is 8.01. The number of benzene rings is 2. The highest BCUT2D eigenvalue weighted by atomic mass is 35.5. The quantitative estimate of drug-likeness (QED) is 0.574. The molecule has 2 aromatic carbocycles. The summed E-state index contributed by atoms with van der Waals surface area (Å²) in [4.78, 5) is 10.8. The summed E-state index contributed by atoms with van der Waals surface area (Å²) in [6, 6.07) is 11.1. The van der Waals surface area contributed by atoms with Crippen LogP contribution in [0.2, 0.25) is 5.02 Å². The van der Waals surface area contributed by atoms with Gasteiger partial charge in [-0.05, 0) is 30.7 Å². The largest absolute Gasteiger partial charge is 0.288 e. The summed E-state index contributed by atoms with van der Waals surface area (Å²) < 4.78 is 27.3. The Morgan fingerprint density at radius 2 is 1.92 bits per heavy atom. The average Bonchev–Trinajstić information content (AvgIpc) is 3.06. The third-order valence-corrected chi connectivity index (χ3v) is 7.52. The maximum absolute atomic E-state index is 13.0. The van der Waals surface area contributed by atoms with Crippen LogP contribution in [0.3, 0.4) is 0 Å². The van der Waals surface area contributed by atoms with E-state index in [2.05, 4.69) is 0 Å². The van der Waals surface area contributed by atoms with E-state index in [1.807, 2.05) is 6.92 Å². The van der Waals surface area contributed by atoms with E-state index in [0.29, 0.717) is 17.9 Å². The van der Waals surface area contributed by atoms with E-state index in [1.165, 1.54) is 28.2 Å². The molecule has 0 aromatic heterocycles. The molecular weight excluding hydrogens is 384 g/mol. The molecular formula is C16H15ClN2O4S2. The predicted octanol–water partition coefficient (Wildman–Crippen LogP) is 3.99. The Hall–Kier alpha value is -1.61. The Labute approximate surface area is 155 Å². The van der Waals surface area contributed by atoms with Gasteiger partial charge in [-0.3, -0.25) is 10.1 Å². The molecule has 1 heterocycles. The number of nitro benzene ring substituents is 1. The second kappa shape index (κ2) is 6.95. The summed E-state index contributed by atoms with van der Waals surface area (Å²) in [7, 11) is -3.69. The molecule has 6 nitrogen and oxygen atoms in total. The van der Waals surface area contributed by atoms with Crippen LogP contribution >= 0.6 is 23.4 Å². The Balaban J connectivity index is 1.99. The van der Waals surface area contributed by atoms with Crippen LogP contribution in [0, 0.1) is 17.0 Å². The summed E-state index contributed by atoms with van der Waals surface area (Å²) in [5, 5.41) is 10.6. The molecule has 0 spiro atoms. The van der Waals surface area contributed by atoms with Crippen LogP contribution in [0.5, 0.6) is 0 Å². The van der Waals surface area contributed by atoms with Gasteiger partial charge in [0.05, 0.1) is 15.2 Å². The second-order valence-corrected chi connectivity index (χ2v) is 9.11. The number of sulfonamides is 1. The van der Waals surface area contributed by atoms with E-state index in [4.69, 9.17) is 11.6 Å². The first kappa shape index (κ1) is 18.2. The Kier molecular flexibility index (Phi) is 5.06. The Bertz CT molecular complexity index is 916. The van der Waals surface area contributed by atoms with Gasteiger partial charge in [-0.2, -0.15) is 4.31 Å². The Morgan fingerprint density at radius 1 is 1.24 bits per heavy atom. The number of hydrogen-bond donors (Lipinski definition) is 0. The van der Waals surface area contributed by atoms with Crippen molar-refractivity contribution >= 4 is 39.1 Å². The molecule has 3 rings (SSSR count). The van der Waals surface area contributed by atoms with Gasteiger partial charge in [0.15, 0.2) is 0 Å². The van der Waals surface area contributed by atoms with Gasteiger partial charge in [0, 0.05) is 18.4 Å². The molecule has 1 saturated heterocycles. The molecule has 25 heavy (non-hydrogen) atoms. The first-order chi connectivity index (χ1) is 11.8. The molecule has 2 aromatic rings. The minimum absolute atomic E-state index is 0.0321. The minimum atomic E-state index is -3.69. The van der Waals surface area contributed by atoms with Crippen LogP contribution in [0.4, 0.5) is 5.69 Å². The van der Waals surface area contributed by atoms with Crippen molar-refractivity contribution < 1.29 is 13.3 Å². The van der Waals surface area contributed by atoms with E-state index >= 15 is 0 Å². The summed E-state index contributed by atoms with van der Waals surface area (Å²) >= 11 is 7.29. The first-order valence-corrected chi connectivity index (χ1v) is 10.3. The number of hydrogen-bond acceptors (Lipinski definition) is 5. The lowest BCUT2D eigenvalue weighted by molar-refractivity contribution is -0.384. The fourth-order valence-electron chi connectivity index (χ4n) is 2.63. The number of nitrogens with zero attached hydrogens (tertiary/aromatic N) is 2. The molecule has 0 N–H and O–H groups in total. The first-order valence-electron chi connectivity index (χ1n) is 7.44. The van der Waals surface area contributed by atoms with E-state index in [-0.39, 0.29) is 15.6 Å². The summed E-state index contributed by atoms with van der Waals surface area (Å²) in [5.41, 5.74) is 1.30. The molecule has 9 heteroatoms. The van der Waals surface area contributed by atoms with Gasteiger partial charge in [-0.25, -0.2) is 8.42 Å². The zero-order valence-electron chi connectivity index (χ0n) is 13.3. The fraction of sp³-hybridized carbons (Fsp3) is 0.250. The average molecular weight is 399 g/mol. The van der Waals surface area contributed by atoms with Crippen LogP contribution in [-0.2, 0) is 10.0 Å². The van der Waals surface area contributed by atoms with Gasteiger partial charge in [-0.15, -0.1) is 11.8 Å². The zero-order valence-corrected chi connectivity index (χ0v) is 15.6. The van der Waals surface area contributed by atoms with Gasteiger partial charge in [-0.1, -0.05) is 35.4 Å². The van der Waals surface area contributed by atoms with Crippen LogP contribution in [0.1, 0.15) is 16.5 Å². The lowest BCUT2D eigenvalue weighted by Crippen LogP contribution is -2.30. The molecule has 0 amide bonds. The van der Waals surface area contributed by atoms with Gasteiger partial charge >= 0.3 is 0 Å². The van der Waals surface area contributed by atoms with Crippen molar-refractivity contribution in [2.75, 3.05) is 12.3 Å². The number of rotatable bonds is 4. The molecule has 1 aliphatic heterocycles. The molecule has 0 saturated carbocycles. The summed E-state index contributed by atoms with van der Waals surface area (Å²) in [6.07, 6.45) is 0. The molecule has 0 radical (unpaired) electrons. The third-order valence-electron chi connectivity index (χ3n) is 3.93. The number of aryl methyl sites for hydroxylation is 1. The number of nitro groups is 1. The predicted molar refractivity (Wildman–Crippen MR) is 98.4 cm³/mol. The van der Waals surface area contributed by atoms with E-state index in [0.717, 1.165) is 5.56 Å². The monoisotopic (exact) mass is 398 g/mol. The van der Waals surface area contributed by atoms with Crippen molar-refractivity contribution in [1.82, 2.24) is 4.31 Å². The second-order valence-electron chi connectivity index (χ2n) is 5.62. The number of halogens is 1. The SMILES string of the molecule is Cc1ccc(S(=O)(=O)N2CCS[C@H]2c2ccc(Cl)c([N+](=O)[O-])c2)cc1. The fourth-order valence-corrected chi connectivity index (χ4v) is 6.05. The lowest BCUT2D eigenvalue weighted by Gasteiger charge is -2.23. The standard InChI is InChI=1S/C16H15ClN2O4S2/c1-11-2-5-13(6-3-11)25(22,23)18-8-9-24-16(18)12-4-7-14(17)15(10-12)19(20)21/h2-7,10,16H,8-9H2,1H3/t16-/m0/s1. The zero-order chi connectivity index (χ0) is 18.2. The molecule has 1 fully saturated rings. The molecule has 132 valence electrons. The third kappa shape index (κ3) is 3.52. The van der Waals surface area contributed by atoms with Crippen molar-refractivity contribution in [2.24, 2.45) is 0 Å². The molecule has 0 aliphatic carbocycles. The van der Waals surface area contributed by atoms with Crippen molar-refractivity contribution in [3.63, 3.8) is 0 Å². The minimum Gasteiger partial charge on any atom is -0.258 e.